The smallest absolute Gasteiger partial charge is 0.226 e. The van der Waals surface area contributed by atoms with Gasteiger partial charge >= 0.3 is 0 Å². The fourth-order valence-corrected chi connectivity index (χ4v) is 4.06. The Hall–Kier alpha value is -2.13. The Morgan fingerprint density at radius 1 is 1.07 bits per heavy atom. The molecule has 2 aromatic carbocycles. The van der Waals surface area contributed by atoms with Gasteiger partial charge in [-0.15, -0.1) is 0 Å². The van der Waals surface area contributed by atoms with Crippen molar-refractivity contribution in [1.82, 2.24) is 4.90 Å². The number of anilines is 1. The zero-order chi connectivity index (χ0) is 18.9. The normalized spacial score (nSPS) is 17.6. The molecule has 0 saturated carbocycles. The number of hydrogen-bond donors (Lipinski definition) is 0. The number of aryl methyl sites for hydroxylation is 1. The Bertz CT molecular complexity index is 686. The van der Waals surface area contributed by atoms with Crippen LogP contribution in [0.15, 0.2) is 60.7 Å². The third-order valence-corrected chi connectivity index (χ3v) is 5.50. The van der Waals surface area contributed by atoms with Crippen LogP contribution >= 0.6 is 0 Å². The molecule has 1 fully saturated rings. The number of rotatable bonds is 8. The van der Waals surface area contributed by atoms with E-state index in [1.165, 1.54) is 31.4 Å². The minimum atomic E-state index is 0.224. The van der Waals surface area contributed by atoms with Crippen LogP contribution in [0, 0.1) is 5.92 Å². The van der Waals surface area contributed by atoms with Crippen LogP contribution in [0.5, 0.6) is 0 Å². The van der Waals surface area contributed by atoms with Crippen molar-refractivity contribution in [2.24, 2.45) is 5.92 Å². The molecular formula is C24H32N2O. The lowest BCUT2D eigenvalue weighted by atomic mass is 9.96. The topological polar surface area (TPSA) is 23.6 Å². The fraction of sp³-hybridized carbons (Fsp3) is 0.458. The van der Waals surface area contributed by atoms with Crippen molar-refractivity contribution < 1.29 is 4.79 Å². The first-order valence-corrected chi connectivity index (χ1v) is 10.4. The summed E-state index contributed by atoms with van der Waals surface area (Å²) in [6, 6.07) is 20.9. The van der Waals surface area contributed by atoms with Gasteiger partial charge < -0.3 is 9.80 Å². The summed E-state index contributed by atoms with van der Waals surface area (Å²) in [5.41, 5.74) is 2.46. The van der Waals surface area contributed by atoms with E-state index in [0.717, 1.165) is 31.7 Å². The summed E-state index contributed by atoms with van der Waals surface area (Å²) in [5.74, 6) is 0.786. The van der Waals surface area contributed by atoms with Gasteiger partial charge in [-0.3, -0.25) is 4.79 Å². The fourth-order valence-electron chi connectivity index (χ4n) is 4.06. The number of carbonyl (C=O) groups is 1. The molecular weight excluding hydrogens is 332 g/mol. The number of hydrogen-bond acceptors (Lipinski definition) is 2. The molecule has 0 spiro atoms. The predicted octanol–water partition coefficient (Wildman–Crippen LogP) is 4.77. The van der Waals surface area contributed by atoms with Gasteiger partial charge in [-0.25, -0.2) is 0 Å². The summed E-state index contributed by atoms with van der Waals surface area (Å²) >= 11 is 0. The first-order chi connectivity index (χ1) is 13.3. The Labute approximate surface area is 164 Å². The quantitative estimate of drug-likeness (QED) is 0.673. The summed E-state index contributed by atoms with van der Waals surface area (Å²) in [4.78, 5) is 17.1. The lowest BCUT2D eigenvalue weighted by molar-refractivity contribution is -0.118. The second kappa shape index (κ2) is 10.3. The molecule has 1 aliphatic rings. The van der Waals surface area contributed by atoms with Crippen molar-refractivity contribution in [3.63, 3.8) is 0 Å². The zero-order valence-corrected chi connectivity index (χ0v) is 16.5. The largest absolute Gasteiger partial charge is 0.312 e. The molecule has 0 radical (unpaired) electrons. The average Bonchev–Trinajstić information content (AvgIpc) is 2.73. The molecule has 1 amide bonds. The lowest BCUT2D eigenvalue weighted by Crippen LogP contribution is -2.43. The summed E-state index contributed by atoms with van der Waals surface area (Å²) in [6.07, 6.45) is 5.36. The van der Waals surface area contributed by atoms with Crippen molar-refractivity contribution >= 4 is 11.6 Å². The van der Waals surface area contributed by atoms with Crippen molar-refractivity contribution in [3.8, 4) is 0 Å². The van der Waals surface area contributed by atoms with E-state index >= 15 is 0 Å². The maximum atomic E-state index is 12.5. The molecule has 0 aliphatic carbocycles. The number of benzene rings is 2. The van der Waals surface area contributed by atoms with E-state index in [9.17, 15) is 4.79 Å². The van der Waals surface area contributed by atoms with Gasteiger partial charge in [0, 0.05) is 25.2 Å². The second-order valence-electron chi connectivity index (χ2n) is 7.59. The third-order valence-electron chi connectivity index (χ3n) is 5.50. The Morgan fingerprint density at radius 3 is 2.48 bits per heavy atom. The molecule has 0 aromatic heterocycles. The predicted molar refractivity (Wildman–Crippen MR) is 113 cm³/mol. The van der Waals surface area contributed by atoms with Crippen LogP contribution in [0.2, 0.25) is 0 Å². The van der Waals surface area contributed by atoms with E-state index in [1.54, 1.807) is 0 Å². The van der Waals surface area contributed by atoms with Gasteiger partial charge in [0.1, 0.15) is 0 Å². The molecule has 2 aromatic rings. The highest BCUT2D eigenvalue weighted by Gasteiger charge is 2.24. The first-order valence-electron chi connectivity index (χ1n) is 10.4. The van der Waals surface area contributed by atoms with Crippen LogP contribution in [0.3, 0.4) is 0 Å². The molecule has 1 heterocycles. The van der Waals surface area contributed by atoms with Gasteiger partial charge in [-0.2, -0.15) is 0 Å². The highest BCUT2D eigenvalue weighted by Crippen LogP contribution is 2.22. The van der Waals surface area contributed by atoms with E-state index in [1.807, 2.05) is 42.2 Å². The van der Waals surface area contributed by atoms with E-state index in [4.69, 9.17) is 0 Å². The number of amides is 1. The molecule has 3 rings (SSSR count). The van der Waals surface area contributed by atoms with Crippen molar-refractivity contribution in [3.05, 3.63) is 66.2 Å². The van der Waals surface area contributed by atoms with Crippen LogP contribution in [-0.2, 0) is 11.2 Å². The van der Waals surface area contributed by atoms with Gasteiger partial charge in [0.2, 0.25) is 5.91 Å². The molecule has 1 unspecified atom stereocenters. The highest BCUT2D eigenvalue weighted by molar-refractivity contribution is 5.93. The maximum absolute atomic E-state index is 12.5. The third kappa shape index (κ3) is 5.93. The standard InChI is InChI=1S/C24H32N2O/c1-2-24(27)26(23-15-7-4-8-16-23)20-22-14-10-18-25(19-22)17-9-13-21-11-5-3-6-12-21/h3-8,11-12,15-16,22H,2,9-10,13-14,17-20H2,1H3. The van der Waals surface area contributed by atoms with Crippen molar-refractivity contribution in [2.75, 3.05) is 31.1 Å². The Morgan fingerprint density at radius 2 is 1.78 bits per heavy atom. The molecule has 1 aliphatic heterocycles. The van der Waals surface area contributed by atoms with Crippen LogP contribution in [0.25, 0.3) is 0 Å². The summed E-state index contributed by atoms with van der Waals surface area (Å²) in [7, 11) is 0. The summed E-state index contributed by atoms with van der Waals surface area (Å²) < 4.78 is 0. The molecule has 144 valence electrons. The number of para-hydroxylation sites is 1. The van der Waals surface area contributed by atoms with E-state index < -0.39 is 0 Å². The van der Waals surface area contributed by atoms with Gasteiger partial charge in [-0.1, -0.05) is 55.5 Å². The second-order valence-corrected chi connectivity index (χ2v) is 7.59. The van der Waals surface area contributed by atoms with Gasteiger partial charge in [-0.05, 0) is 62.4 Å². The van der Waals surface area contributed by atoms with Crippen molar-refractivity contribution in [1.29, 1.82) is 0 Å². The van der Waals surface area contributed by atoms with E-state index in [-0.39, 0.29) is 5.91 Å². The number of piperidine rings is 1. The van der Waals surface area contributed by atoms with Crippen LogP contribution in [-0.4, -0.2) is 37.0 Å². The minimum Gasteiger partial charge on any atom is -0.312 e. The van der Waals surface area contributed by atoms with Crippen molar-refractivity contribution in [2.45, 2.75) is 39.0 Å². The molecule has 3 heteroatoms. The molecule has 0 bridgehead atoms. The number of likely N-dealkylation sites (tertiary alicyclic amines) is 1. The highest BCUT2D eigenvalue weighted by atomic mass is 16.2. The van der Waals surface area contributed by atoms with Crippen LogP contribution in [0.1, 0.15) is 38.2 Å². The summed E-state index contributed by atoms with van der Waals surface area (Å²) in [6.45, 7) is 6.24. The van der Waals surface area contributed by atoms with Crippen LogP contribution < -0.4 is 4.90 Å². The molecule has 27 heavy (non-hydrogen) atoms. The maximum Gasteiger partial charge on any atom is 0.226 e. The lowest BCUT2D eigenvalue weighted by Gasteiger charge is -2.35. The Kier molecular flexibility index (Phi) is 7.46. The van der Waals surface area contributed by atoms with Gasteiger partial charge in [0.15, 0.2) is 0 Å². The number of nitrogens with zero attached hydrogens (tertiary/aromatic N) is 2. The van der Waals surface area contributed by atoms with Gasteiger partial charge in [0.25, 0.3) is 0 Å². The van der Waals surface area contributed by atoms with E-state index in [0.29, 0.717) is 12.3 Å². The number of carbonyl (C=O) groups excluding carboxylic acids is 1. The summed E-state index contributed by atoms with van der Waals surface area (Å²) in [5, 5.41) is 0. The monoisotopic (exact) mass is 364 g/mol. The van der Waals surface area contributed by atoms with Crippen LogP contribution in [0.4, 0.5) is 5.69 Å². The zero-order valence-electron chi connectivity index (χ0n) is 16.5. The van der Waals surface area contributed by atoms with Gasteiger partial charge in [0.05, 0.1) is 0 Å². The molecule has 1 saturated heterocycles. The van der Waals surface area contributed by atoms with E-state index in [2.05, 4.69) is 35.2 Å². The Balaban J connectivity index is 1.52. The SMILES string of the molecule is CCC(=O)N(CC1CCCN(CCCc2ccccc2)C1)c1ccccc1. The molecule has 1 atom stereocenters. The minimum absolute atomic E-state index is 0.224. The first kappa shape index (κ1) is 19.6. The molecule has 3 nitrogen and oxygen atoms in total. The molecule has 0 N–H and O–H groups in total. The average molecular weight is 365 g/mol.